The van der Waals surface area contributed by atoms with Crippen LogP contribution in [-0.4, -0.2) is 48.2 Å². The Bertz CT molecular complexity index is 1020. The number of aliphatic hydroxyl groups is 1. The van der Waals surface area contributed by atoms with E-state index in [1.807, 2.05) is 23.1 Å². The van der Waals surface area contributed by atoms with E-state index < -0.39 is 18.0 Å². The first-order valence-electron chi connectivity index (χ1n) is 9.68. The lowest BCUT2D eigenvalue weighted by Gasteiger charge is -2.15. The maximum Gasteiger partial charge on any atom is 0.414 e. The number of ether oxygens (including phenoxy) is 1. The number of amides is 1. The summed E-state index contributed by atoms with van der Waals surface area (Å²) in [5.74, 6) is -0.0245. The van der Waals surface area contributed by atoms with Gasteiger partial charge in [-0.05, 0) is 53.2 Å². The van der Waals surface area contributed by atoms with Crippen molar-refractivity contribution in [3.63, 3.8) is 0 Å². The first-order valence-corrected chi connectivity index (χ1v) is 9.68. The molecule has 1 fully saturated rings. The summed E-state index contributed by atoms with van der Waals surface area (Å²) in [7, 11) is 1.78. The van der Waals surface area contributed by atoms with Gasteiger partial charge in [-0.3, -0.25) is 10.3 Å². The van der Waals surface area contributed by atoms with Crippen LogP contribution in [0.2, 0.25) is 0 Å². The minimum absolute atomic E-state index is 0.191. The molecule has 2 aliphatic heterocycles. The maximum absolute atomic E-state index is 14.9. The van der Waals surface area contributed by atoms with Gasteiger partial charge >= 0.3 is 6.09 Å². The van der Waals surface area contributed by atoms with Crippen molar-refractivity contribution in [1.29, 1.82) is 5.41 Å². The van der Waals surface area contributed by atoms with Crippen molar-refractivity contribution in [3.05, 3.63) is 65.6 Å². The highest BCUT2D eigenvalue weighted by Crippen LogP contribution is 2.32. The zero-order chi connectivity index (χ0) is 21.3. The molecule has 1 unspecified atom stereocenters. The fourth-order valence-corrected chi connectivity index (χ4v) is 3.73. The normalized spacial score (nSPS) is 18.1. The Kier molecular flexibility index (Phi) is 5.41. The molecular weight excluding hydrogens is 387 g/mol. The van der Waals surface area contributed by atoms with E-state index in [9.17, 15) is 9.18 Å². The van der Waals surface area contributed by atoms with E-state index in [4.69, 9.17) is 15.3 Å². The van der Waals surface area contributed by atoms with E-state index in [-0.39, 0.29) is 13.2 Å². The Labute approximate surface area is 173 Å². The van der Waals surface area contributed by atoms with E-state index >= 15 is 0 Å². The summed E-state index contributed by atoms with van der Waals surface area (Å²) in [5, 5.41) is 20.2. The molecule has 2 aromatic rings. The van der Waals surface area contributed by atoms with Gasteiger partial charge < -0.3 is 20.1 Å². The Hall–Kier alpha value is -3.39. The van der Waals surface area contributed by atoms with Crippen LogP contribution in [-0.2, 0) is 17.8 Å². The zero-order valence-electron chi connectivity index (χ0n) is 16.6. The number of fused-ring (bicyclic) bond motifs is 1. The van der Waals surface area contributed by atoms with Crippen molar-refractivity contribution in [3.8, 4) is 11.1 Å². The van der Waals surface area contributed by atoms with Gasteiger partial charge in [-0.15, -0.1) is 0 Å². The molecule has 4 rings (SSSR count). The first kappa shape index (κ1) is 19.9. The van der Waals surface area contributed by atoms with Gasteiger partial charge in [-0.1, -0.05) is 12.1 Å². The average Bonchev–Trinajstić information content (AvgIpc) is 3.34. The number of benzene rings is 2. The summed E-state index contributed by atoms with van der Waals surface area (Å²) in [6.07, 6.45) is 2.23. The Morgan fingerprint density at radius 1 is 1.30 bits per heavy atom. The topological polar surface area (TPSA) is 88.9 Å². The van der Waals surface area contributed by atoms with Crippen molar-refractivity contribution < 1.29 is 19.0 Å². The molecule has 0 saturated carbocycles. The maximum atomic E-state index is 14.9. The fourth-order valence-electron chi connectivity index (χ4n) is 3.73. The predicted molar refractivity (Wildman–Crippen MR) is 112 cm³/mol. The van der Waals surface area contributed by atoms with E-state index in [2.05, 4.69) is 5.32 Å². The molecule has 0 bridgehead atoms. The zero-order valence-corrected chi connectivity index (χ0v) is 16.6. The average molecular weight is 410 g/mol. The molecule has 30 heavy (non-hydrogen) atoms. The van der Waals surface area contributed by atoms with Gasteiger partial charge in [0, 0.05) is 25.7 Å². The molecular formula is C22H23FN4O3. The molecule has 2 aromatic carbocycles. The van der Waals surface area contributed by atoms with Crippen LogP contribution in [0.15, 0.2) is 48.7 Å². The molecule has 7 nitrogen and oxygen atoms in total. The lowest BCUT2D eigenvalue weighted by Crippen LogP contribution is -2.25. The minimum atomic E-state index is -0.596. The number of rotatable bonds is 5. The summed E-state index contributed by atoms with van der Waals surface area (Å²) in [6, 6.07) is 10.4. The number of cyclic esters (lactones) is 1. The van der Waals surface area contributed by atoms with Crippen LogP contribution in [0.4, 0.5) is 14.9 Å². The van der Waals surface area contributed by atoms with Crippen molar-refractivity contribution >= 4 is 17.6 Å². The van der Waals surface area contributed by atoms with Crippen LogP contribution in [0, 0.1) is 11.2 Å². The molecule has 0 aliphatic carbocycles. The Morgan fingerprint density at radius 2 is 2.10 bits per heavy atom. The largest absolute Gasteiger partial charge is 0.441 e. The molecule has 0 aromatic heterocycles. The minimum Gasteiger partial charge on any atom is -0.441 e. The van der Waals surface area contributed by atoms with E-state index in [0.717, 1.165) is 16.7 Å². The Balaban J connectivity index is 1.54. The molecule has 1 atom stereocenters. The van der Waals surface area contributed by atoms with Crippen LogP contribution in [0.25, 0.3) is 11.1 Å². The quantitative estimate of drug-likeness (QED) is 0.521. The smallest absolute Gasteiger partial charge is 0.414 e. The number of hydrogen-bond donors (Lipinski definition) is 3. The standard InChI is InChI=1S/C22H23FN4O3/c1-25-7-6-21(24)26-10-15-3-2-14(8-16(15)11-26)19-5-4-17(9-20(19)23)27-12-18(13-28)30-22(27)29/h2-9,18,24-25,28H,10-13H2,1H3/b7-6-,24-21?. The van der Waals surface area contributed by atoms with Crippen LogP contribution in [0.3, 0.4) is 0 Å². The molecule has 1 saturated heterocycles. The summed E-state index contributed by atoms with van der Waals surface area (Å²) in [6.45, 7) is 1.17. The van der Waals surface area contributed by atoms with E-state index in [1.165, 1.54) is 11.0 Å². The summed E-state index contributed by atoms with van der Waals surface area (Å²) in [4.78, 5) is 15.2. The lowest BCUT2D eigenvalue weighted by atomic mass is 10.00. The molecule has 1 amide bonds. The van der Waals surface area contributed by atoms with Crippen molar-refractivity contribution in [2.45, 2.75) is 19.2 Å². The highest BCUT2D eigenvalue weighted by molar-refractivity contribution is 5.91. The Morgan fingerprint density at radius 3 is 2.80 bits per heavy atom. The molecule has 2 heterocycles. The fraction of sp³-hybridized carbons (Fsp3) is 0.273. The monoisotopic (exact) mass is 410 g/mol. The van der Waals surface area contributed by atoms with E-state index in [1.54, 1.807) is 31.5 Å². The second-order valence-corrected chi connectivity index (χ2v) is 7.31. The SMILES string of the molecule is CN/C=C\C(=N)N1Cc2ccc(-c3ccc(N4CC(CO)OC4=O)cc3F)cc2C1. The third-order valence-corrected chi connectivity index (χ3v) is 5.33. The predicted octanol–water partition coefficient (Wildman–Crippen LogP) is 2.84. The molecule has 0 radical (unpaired) electrons. The molecule has 156 valence electrons. The second kappa shape index (κ2) is 8.16. The molecule has 0 spiro atoms. The molecule has 8 heteroatoms. The van der Waals surface area contributed by atoms with Crippen LogP contribution in [0.1, 0.15) is 11.1 Å². The number of nitrogens with zero attached hydrogens (tertiary/aromatic N) is 2. The number of hydrogen-bond acceptors (Lipinski definition) is 5. The highest BCUT2D eigenvalue weighted by Gasteiger charge is 2.32. The number of carbonyl (C=O) groups excluding carboxylic acids is 1. The van der Waals surface area contributed by atoms with Crippen molar-refractivity contribution in [2.24, 2.45) is 0 Å². The van der Waals surface area contributed by atoms with Crippen LogP contribution >= 0.6 is 0 Å². The molecule has 2 aliphatic rings. The van der Waals surface area contributed by atoms with Crippen LogP contribution < -0.4 is 10.2 Å². The van der Waals surface area contributed by atoms with Gasteiger partial charge in [0.1, 0.15) is 17.8 Å². The number of amidine groups is 1. The van der Waals surface area contributed by atoms with Crippen molar-refractivity contribution in [2.75, 3.05) is 25.1 Å². The molecule has 3 N–H and O–H groups in total. The van der Waals surface area contributed by atoms with Gasteiger partial charge in [0.25, 0.3) is 0 Å². The number of anilines is 1. The summed E-state index contributed by atoms with van der Waals surface area (Å²) >= 11 is 0. The number of aliphatic hydroxyl groups excluding tert-OH is 1. The van der Waals surface area contributed by atoms with Crippen molar-refractivity contribution in [1.82, 2.24) is 10.2 Å². The lowest BCUT2D eigenvalue weighted by molar-refractivity contribution is 0.0963. The summed E-state index contributed by atoms with van der Waals surface area (Å²) < 4.78 is 19.9. The first-order chi connectivity index (χ1) is 14.5. The van der Waals surface area contributed by atoms with Gasteiger partial charge in [-0.25, -0.2) is 9.18 Å². The van der Waals surface area contributed by atoms with E-state index in [0.29, 0.717) is 30.2 Å². The number of carbonyl (C=O) groups is 1. The van der Waals surface area contributed by atoms with Gasteiger partial charge in [-0.2, -0.15) is 0 Å². The third-order valence-electron chi connectivity index (χ3n) is 5.33. The number of nitrogens with one attached hydrogen (secondary N) is 2. The highest BCUT2D eigenvalue weighted by atomic mass is 19.1. The second-order valence-electron chi connectivity index (χ2n) is 7.31. The third kappa shape index (κ3) is 3.73. The van der Waals surface area contributed by atoms with Gasteiger partial charge in [0.2, 0.25) is 0 Å². The summed E-state index contributed by atoms with van der Waals surface area (Å²) in [5.41, 5.74) is 3.76. The number of halogens is 1. The van der Waals surface area contributed by atoms with Crippen LogP contribution in [0.5, 0.6) is 0 Å². The van der Waals surface area contributed by atoms with Gasteiger partial charge in [0.15, 0.2) is 0 Å². The van der Waals surface area contributed by atoms with Gasteiger partial charge in [0.05, 0.1) is 18.8 Å².